The fourth-order valence-corrected chi connectivity index (χ4v) is 1.97. The van der Waals surface area contributed by atoms with E-state index in [4.69, 9.17) is 5.11 Å². The van der Waals surface area contributed by atoms with E-state index in [0.29, 0.717) is 11.5 Å². The van der Waals surface area contributed by atoms with E-state index in [-0.39, 0.29) is 5.69 Å². The second-order valence-electron chi connectivity index (χ2n) is 3.33. The van der Waals surface area contributed by atoms with Crippen molar-refractivity contribution >= 4 is 21.9 Å². The number of carboxylic acid groups (broad SMARTS) is 1. The number of carboxylic acids is 1. The Kier molecular flexibility index (Phi) is 2.78. The van der Waals surface area contributed by atoms with Gasteiger partial charge in [-0.25, -0.2) is 9.78 Å². The van der Waals surface area contributed by atoms with E-state index in [1.807, 2.05) is 24.3 Å². The molecular weight excluding hydrogens is 272 g/mol. The highest BCUT2D eigenvalue weighted by atomic mass is 79.9. The maximum Gasteiger partial charge on any atom is 0.354 e. The number of hydrogen-bond donors (Lipinski definition) is 2. The van der Waals surface area contributed by atoms with Gasteiger partial charge in [0.2, 0.25) is 0 Å². The number of carbonyl (C=O) groups is 1. The van der Waals surface area contributed by atoms with Gasteiger partial charge in [0.1, 0.15) is 11.5 Å². The van der Waals surface area contributed by atoms with E-state index in [2.05, 4.69) is 25.9 Å². The minimum atomic E-state index is -1.01. The van der Waals surface area contributed by atoms with Crippen LogP contribution in [0.3, 0.4) is 0 Å². The Morgan fingerprint density at radius 2 is 2.12 bits per heavy atom. The molecule has 0 aliphatic rings. The molecule has 0 aliphatic heterocycles. The molecular formula is C11H9BrN2O2. The Morgan fingerprint density at radius 3 is 2.75 bits per heavy atom. The van der Waals surface area contributed by atoms with Crippen molar-refractivity contribution < 1.29 is 9.90 Å². The fraction of sp³-hybridized carbons (Fsp3) is 0.0909. The molecule has 0 aliphatic carbocycles. The zero-order valence-electron chi connectivity index (χ0n) is 8.49. The van der Waals surface area contributed by atoms with Crippen LogP contribution in [0.2, 0.25) is 0 Å². The third-order valence-electron chi connectivity index (χ3n) is 2.17. The predicted molar refractivity (Wildman–Crippen MR) is 63.4 cm³/mol. The zero-order chi connectivity index (χ0) is 11.7. The molecule has 5 heteroatoms. The number of H-pyrrole nitrogens is 1. The molecule has 4 nitrogen and oxygen atoms in total. The summed E-state index contributed by atoms with van der Waals surface area (Å²) in [6.07, 6.45) is 0. The van der Waals surface area contributed by atoms with Gasteiger partial charge in [-0.1, -0.05) is 34.1 Å². The maximum absolute atomic E-state index is 11.0. The molecule has 0 amide bonds. The summed E-state index contributed by atoms with van der Waals surface area (Å²) in [5.41, 5.74) is 1.34. The van der Waals surface area contributed by atoms with Crippen LogP contribution in [0.25, 0.3) is 11.3 Å². The lowest BCUT2D eigenvalue weighted by atomic mass is 10.1. The van der Waals surface area contributed by atoms with E-state index in [0.717, 1.165) is 10.0 Å². The Hall–Kier alpha value is -1.62. The summed E-state index contributed by atoms with van der Waals surface area (Å²) in [6.45, 7) is 1.73. The molecule has 0 unspecified atom stereocenters. The number of hydrogen-bond acceptors (Lipinski definition) is 2. The average Bonchev–Trinajstić information content (AvgIpc) is 2.61. The van der Waals surface area contributed by atoms with Gasteiger partial charge in [0.15, 0.2) is 5.69 Å². The molecule has 0 bridgehead atoms. The first-order valence-electron chi connectivity index (χ1n) is 4.64. The van der Waals surface area contributed by atoms with Crippen molar-refractivity contribution in [1.82, 2.24) is 9.97 Å². The number of halogens is 1. The Labute approximate surface area is 100 Å². The van der Waals surface area contributed by atoms with E-state index >= 15 is 0 Å². The largest absolute Gasteiger partial charge is 0.477 e. The molecule has 0 saturated carbocycles. The summed E-state index contributed by atoms with van der Waals surface area (Å²) in [5, 5.41) is 9.04. The molecule has 82 valence electrons. The molecule has 16 heavy (non-hydrogen) atoms. The first-order chi connectivity index (χ1) is 7.59. The third-order valence-corrected chi connectivity index (χ3v) is 2.86. The number of aromatic nitrogens is 2. The monoisotopic (exact) mass is 280 g/mol. The normalized spacial score (nSPS) is 10.4. The molecule has 0 atom stereocenters. The minimum Gasteiger partial charge on any atom is -0.477 e. The average molecular weight is 281 g/mol. The molecule has 1 aromatic heterocycles. The molecule has 1 heterocycles. The molecule has 1 aromatic carbocycles. The van der Waals surface area contributed by atoms with Gasteiger partial charge in [0.25, 0.3) is 0 Å². The SMILES string of the molecule is Cc1nc(-c2ccccc2Br)c(C(=O)O)[nH]1. The topological polar surface area (TPSA) is 66.0 Å². The quantitative estimate of drug-likeness (QED) is 0.889. The lowest BCUT2D eigenvalue weighted by molar-refractivity contribution is 0.0692. The van der Waals surface area contributed by atoms with Crippen molar-refractivity contribution in [1.29, 1.82) is 0 Å². The highest BCUT2D eigenvalue weighted by Crippen LogP contribution is 2.28. The van der Waals surface area contributed by atoms with Crippen LogP contribution in [0.5, 0.6) is 0 Å². The number of aromatic carboxylic acids is 1. The van der Waals surface area contributed by atoms with Gasteiger partial charge in [0, 0.05) is 10.0 Å². The summed E-state index contributed by atoms with van der Waals surface area (Å²) in [6, 6.07) is 7.39. The van der Waals surface area contributed by atoms with Gasteiger partial charge >= 0.3 is 5.97 Å². The van der Waals surface area contributed by atoms with Crippen LogP contribution < -0.4 is 0 Å². The molecule has 2 N–H and O–H groups in total. The van der Waals surface area contributed by atoms with Gasteiger partial charge < -0.3 is 10.1 Å². The summed E-state index contributed by atoms with van der Waals surface area (Å²) in [7, 11) is 0. The summed E-state index contributed by atoms with van der Waals surface area (Å²) in [4.78, 5) is 18.0. The van der Waals surface area contributed by atoms with E-state index < -0.39 is 5.97 Å². The lowest BCUT2D eigenvalue weighted by Crippen LogP contribution is -1.99. The van der Waals surface area contributed by atoms with Crippen LogP contribution in [-0.4, -0.2) is 21.0 Å². The smallest absolute Gasteiger partial charge is 0.354 e. The highest BCUT2D eigenvalue weighted by Gasteiger charge is 2.17. The van der Waals surface area contributed by atoms with Gasteiger partial charge in [0.05, 0.1) is 0 Å². The maximum atomic E-state index is 11.0. The van der Waals surface area contributed by atoms with Crippen LogP contribution in [-0.2, 0) is 0 Å². The number of nitrogens with zero attached hydrogens (tertiary/aromatic N) is 1. The second kappa shape index (κ2) is 4.09. The van der Waals surface area contributed by atoms with Crippen molar-refractivity contribution in [3.05, 3.63) is 40.3 Å². The van der Waals surface area contributed by atoms with E-state index in [1.165, 1.54) is 0 Å². The van der Waals surface area contributed by atoms with Gasteiger partial charge in [-0.3, -0.25) is 0 Å². The Balaban J connectivity index is 2.64. The van der Waals surface area contributed by atoms with Crippen LogP contribution in [0.1, 0.15) is 16.3 Å². The number of aryl methyl sites for hydroxylation is 1. The van der Waals surface area contributed by atoms with Crippen molar-refractivity contribution in [3.63, 3.8) is 0 Å². The van der Waals surface area contributed by atoms with Gasteiger partial charge in [-0.05, 0) is 13.0 Å². The molecule has 0 spiro atoms. The number of benzene rings is 1. The number of aromatic amines is 1. The Morgan fingerprint density at radius 1 is 1.44 bits per heavy atom. The van der Waals surface area contributed by atoms with Crippen molar-refractivity contribution in [2.75, 3.05) is 0 Å². The molecule has 0 saturated heterocycles. The van der Waals surface area contributed by atoms with Crippen molar-refractivity contribution in [3.8, 4) is 11.3 Å². The standard InChI is InChI=1S/C11H9BrN2O2/c1-6-13-9(10(14-6)11(15)16)7-4-2-3-5-8(7)12/h2-5H,1H3,(H,13,14)(H,15,16). The molecule has 2 rings (SSSR count). The van der Waals surface area contributed by atoms with E-state index in [9.17, 15) is 4.79 Å². The predicted octanol–water partition coefficient (Wildman–Crippen LogP) is 2.85. The van der Waals surface area contributed by atoms with Crippen LogP contribution in [0, 0.1) is 6.92 Å². The molecule has 0 radical (unpaired) electrons. The van der Waals surface area contributed by atoms with Crippen LogP contribution >= 0.6 is 15.9 Å². The lowest BCUT2D eigenvalue weighted by Gasteiger charge is -2.01. The third kappa shape index (κ3) is 1.86. The van der Waals surface area contributed by atoms with Gasteiger partial charge in [-0.15, -0.1) is 0 Å². The summed E-state index contributed by atoms with van der Waals surface area (Å²) in [5.74, 6) is -0.422. The number of nitrogens with one attached hydrogen (secondary N) is 1. The van der Waals surface area contributed by atoms with Crippen LogP contribution in [0.4, 0.5) is 0 Å². The first-order valence-corrected chi connectivity index (χ1v) is 5.43. The zero-order valence-corrected chi connectivity index (χ0v) is 10.1. The highest BCUT2D eigenvalue weighted by molar-refractivity contribution is 9.10. The minimum absolute atomic E-state index is 0.115. The van der Waals surface area contributed by atoms with Crippen molar-refractivity contribution in [2.24, 2.45) is 0 Å². The van der Waals surface area contributed by atoms with Crippen molar-refractivity contribution in [2.45, 2.75) is 6.92 Å². The second-order valence-corrected chi connectivity index (χ2v) is 4.19. The van der Waals surface area contributed by atoms with Crippen LogP contribution in [0.15, 0.2) is 28.7 Å². The Bertz CT molecular complexity index is 549. The molecule has 0 fully saturated rings. The number of imidazole rings is 1. The summed E-state index contributed by atoms with van der Waals surface area (Å²) < 4.78 is 0.823. The fourth-order valence-electron chi connectivity index (χ4n) is 1.49. The summed E-state index contributed by atoms with van der Waals surface area (Å²) >= 11 is 3.38. The number of rotatable bonds is 2. The van der Waals surface area contributed by atoms with Gasteiger partial charge in [-0.2, -0.15) is 0 Å². The first kappa shape index (κ1) is 10.9. The van der Waals surface area contributed by atoms with E-state index in [1.54, 1.807) is 6.92 Å². The molecule has 2 aromatic rings.